The van der Waals surface area contributed by atoms with Crippen LogP contribution in [-0.2, 0) is 13.1 Å². The lowest BCUT2D eigenvalue weighted by Crippen LogP contribution is -2.45. The van der Waals surface area contributed by atoms with Gasteiger partial charge in [0.25, 0.3) is 0 Å². The number of hydrogen-bond donors (Lipinski definition) is 4. The van der Waals surface area contributed by atoms with E-state index < -0.39 is 0 Å². The number of aliphatic hydroxyl groups is 1. The number of rotatable bonds is 10. The molecule has 3 heterocycles. The highest BCUT2D eigenvalue weighted by Crippen LogP contribution is 2.28. The summed E-state index contributed by atoms with van der Waals surface area (Å²) < 4.78 is 1.99. The molecule has 1 saturated carbocycles. The van der Waals surface area contributed by atoms with Crippen LogP contribution in [0.2, 0.25) is 0 Å². The average Bonchev–Trinajstić information content (AvgIpc) is 3.42. The predicted molar refractivity (Wildman–Crippen MR) is 165 cm³/mol. The van der Waals surface area contributed by atoms with Crippen molar-refractivity contribution in [3.63, 3.8) is 0 Å². The van der Waals surface area contributed by atoms with Crippen LogP contribution in [0.15, 0.2) is 60.9 Å². The van der Waals surface area contributed by atoms with E-state index in [9.17, 15) is 5.11 Å². The predicted octanol–water partition coefficient (Wildman–Crippen LogP) is 3.96. The zero-order valence-electron chi connectivity index (χ0n) is 23.6. The van der Waals surface area contributed by atoms with Gasteiger partial charge in [0, 0.05) is 69.3 Å². The number of benzene rings is 2. The molecule has 0 unspecified atom stereocenters. The van der Waals surface area contributed by atoms with Crippen LogP contribution >= 0.6 is 0 Å². The minimum atomic E-state index is 0.123. The fraction of sp³-hybridized carbons (Fsp3) is 0.452. The quantitative estimate of drug-likeness (QED) is 0.230. The number of nitrogens with one attached hydrogen (secondary N) is 2. The van der Waals surface area contributed by atoms with E-state index >= 15 is 0 Å². The summed E-state index contributed by atoms with van der Waals surface area (Å²) in [4.78, 5) is 19.3. The number of hydrogen-bond acceptors (Lipinski definition) is 9. The highest BCUT2D eigenvalue weighted by Gasteiger charge is 2.21. The van der Waals surface area contributed by atoms with E-state index in [2.05, 4.69) is 80.0 Å². The molecule has 0 atom stereocenters. The highest BCUT2D eigenvalue weighted by atomic mass is 16.3. The van der Waals surface area contributed by atoms with Crippen LogP contribution in [0.4, 0.5) is 23.1 Å². The Bertz CT molecular complexity index is 1390. The van der Waals surface area contributed by atoms with Gasteiger partial charge >= 0.3 is 0 Å². The van der Waals surface area contributed by atoms with Gasteiger partial charge in [-0.25, -0.2) is 4.98 Å². The van der Waals surface area contributed by atoms with Crippen molar-refractivity contribution in [2.75, 3.05) is 48.3 Å². The molecule has 4 aromatic rings. The second kappa shape index (κ2) is 12.8. The molecule has 41 heavy (non-hydrogen) atoms. The summed E-state index contributed by atoms with van der Waals surface area (Å²) in [6.07, 6.45) is 6.46. The Balaban J connectivity index is 1.14. The van der Waals surface area contributed by atoms with Gasteiger partial charge in [0.1, 0.15) is 0 Å². The fourth-order valence-corrected chi connectivity index (χ4v) is 5.84. The number of imidazole rings is 1. The van der Waals surface area contributed by atoms with Gasteiger partial charge in [-0.15, -0.1) is 0 Å². The summed E-state index contributed by atoms with van der Waals surface area (Å²) in [5.74, 6) is 1.27. The molecule has 2 aromatic carbocycles. The van der Waals surface area contributed by atoms with Crippen molar-refractivity contribution >= 4 is 34.3 Å². The molecule has 10 nitrogen and oxygen atoms in total. The molecule has 6 rings (SSSR count). The molecule has 1 aliphatic carbocycles. The normalized spacial score (nSPS) is 19.9. The maximum atomic E-state index is 9.36. The van der Waals surface area contributed by atoms with Gasteiger partial charge in [-0.05, 0) is 61.9 Å². The van der Waals surface area contributed by atoms with Crippen LogP contribution in [0, 0.1) is 0 Å². The maximum Gasteiger partial charge on any atom is 0.227 e. The van der Waals surface area contributed by atoms with Gasteiger partial charge in [-0.3, -0.25) is 4.90 Å². The van der Waals surface area contributed by atoms with E-state index in [-0.39, 0.29) is 12.6 Å². The third-order valence-electron chi connectivity index (χ3n) is 8.24. The molecular formula is C31H41N9O. The molecule has 5 N–H and O–H groups in total. The minimum Gasteiger partial charge on any atom is -0.396 e. The second-order valence-corrected chi connectivity index (χ2v) is 11.3. The monoisotopic (exact) mass is 555 g/mol. The van der Waals surface area contributed by atoms with Crippen LogP contribution in [0.5, 0.6) is 0 Å². The van der Waals surface area contributed by atoms with Crippen LogP contribution in [0.3, 0.4) is 0 Å². The number of aryl methyl sites for hydroxylation is 1. The van der Waals surface area contributed by atoms with Gasteiger partial charge in [0.15, 0.2) is 17.0 Å². The van der Waals surface area contributed by atoms with Crippen molar-refractivity contribution in [2.45, 2.75) is 57.3 Å². The number of nitrogens with two attached hydrogens (primary N) is 1. The zero-order chi connectivity index (χ0) is 28.0. The minimum absolute atomic E-state index is 0.123. The Morgan fingerprint density at radius 3 is 2.39 bits per heavy atom. The fourth-order valence-electron chi connectivity index (χ4n) is 5.84. The molecular weight excluding hydrogens is 514 g/mol. The molecule has 0 spiro atoms. The van der Waals surface area contributed by atoms with Crippen LogP contribution in [0.1, 0.15) is 37.7 Å². The topological polar surface area (TPSA) is 120 Å². The van der Waals surface area contributed by atoms with Crippen molar-refractivity contribution < 1.29 is 5.11 Å². The first-order valence-electron chi connectivity index (χ1n) is 14.9. The lowest BCUT2D eigenvalue weighted by molar-refractivity contribution is 0.250. The molecule has 1 aliphatic heterocycles. The lowest BCUT2D eigenvalue weighted by atomic mass is 9.92. The van der Waals surface area contributed by atoms with Crippen molar-refractivity contribution in [2.24, 2.45) is 5.73 Å². The summed E-state index contributed by atoms with van der Waals surface area (Å²) in [7, 11) is 0. The van der Waals surface area contributed by atoms with Crippen molar-refractivity contribution in [1.82, 2.24) is 24.4 Å². The Kier molecular flexibility index (Phi) is 8.60. The summed E-state index contributed by atoms with van der Waals surface area (Å²) in [6, 6.07) is 19.9. The van der Waals surface area contributed by atoms with E-state index in [4.69, 9.17) is 15.7 Å². The summed E-state index contributed by atoms with van der Waals surface area (Å²) in [6.45, 7) is 5.90. The lowest BCUT2D eigenvalue weighted by Gasteiger charge is -2.36. The molecule has 2 aromatic heterocycles. The van der Waals surface area contributed by atoms with E-state index in [0.717, 1.165) is 75.3 Å². The smallest absolute Gasteiger partial charge is 0.227 e. The summed E-state index contributed by atoms with van der Waals surface area (Å²) in [5, 5.41) is 16.4. The van der Waals surface area contributed by atoms with E-state index in [1.54, 1.807) is 6.33 Å². The number of anilines is 4. The van der Waals surface area contributed by atoms with Gasteiger partial charge in [0.2, 0.25) is 5.95 Å². The molecule has 216 valence electrons. The first-order valence-corrected chi connectivity index (χ1v) is 14.9. The molecule has 2 aliphatic rings. The van der Waals surface area contributed by atoms with Crippen molar-refractivity contribution in [3.8, 4) is 0 Å². The SMILES string of the molecule is NC1CCC(Nc2nc(Nc3ccc(N4CCN(Cc5ccccc5)CC4)cc3)c3ncn(CCCO)c3n2)CC1. The molecule has 1 saturated heterocycles. The van der Waals surface area contributed by atoms with E-state index in [0.29, 0.717) is 30.8 Å². The van der Waals surface area contributed by atoms with Gasteiger partial charge in [-0.1, -0.05) is 30.3 Å². The number of piperazine rings is 1. The zero-order valence-corrected chi connectivity index (χ0v) is 23.6. The van der Waals surface area contributed by atoms with Crippen LogP contribution in [0.25, 0.3) is 11.2 Å². The summed E-state index contributed by atoms with van der Waals surface area (Å²) in [5.41, 5.74) is 11.1. The number of aromatic nitrogens is 4. The average molecular weight is 556 g/mol. The van der Waals surface area contributed by atoms with Crippen LogP contribution in [-0.4, -0.2) is 74.4 Å². The summed E-state index contributed by atoms with van der Waals surface area (Å²) >= 11 is 0. The molecule has 10 heteroatoms. The third kappa shape index (κ3) is 6.78. The second-order valence-electron chi connectivity index (χ2n) is 11.3. The first kappa shape index (κ1) is 27.4. The van der Waals surface area contributed by atoms with Gasteiger partial charge in [0.05, 0.1) is 6.33 Å². The third-order valence-corrected chi connectivity index (χ3v) is 8.24. The van der Waals surface area contributed by atoms with Crippen LogP contribution < -0.4 is 21.3 Å². The largest absolute Gasteiger partial charge is 0.396 e. The maximum absolute atomic E-state index is 9.36. The number of fused-ring (bicyclic) bond motifs is 1. The van der Waals surface area contributed by atoms with Gasteiger partial charge in [-0.2, -0.15) is 9.97 Å². The number of aliphatic hydroxyl groups excluding tert-OH is 1. The van der Waals surface area contributed by atoms with Crippen molar-refractivity contribution in [3.05, 3.63) is 66.5 Å². The Morgan fingerprint density at radius 1 is 0.902 bits per heavy atom. The highest BCUT2D eigenvalue weighted by molar-refractivity contribution is 5.86. The first-order chi connectivity index (χ1) is 20.1. The Morgan fingerprint density at radius 2 is 1.66 bits per heavy atom. The van der Waals surface area contributed by atoms with Crippen molar-refractivity contribution in [1.29, 1.82) is 0 Å². The van der Waals surface area contributed by atoms with Gasteiger partial charge < -0.3 is 30.9 Å². The number of nitrogens with zero attached hydrogens (tertiary/aromatic N) is 6. The van der Waals surface area contributed by atoms with E-state index in [1.807, 2.05) is 4.57 Å². The molecule has 0 amide bonds. The molecule has 0 radical (unpaired) electrons. The Labute approximate surface area is 241 Å². The standard InChI is InChI=1S/C31H41N9O/c32-24-7-9-26(10-8-24)35-31-36-29(28-30(37-31)40(22-33-28)15-4-20-41)34-25-11-13-27(14-12-25)39-18-16-38(17-19-39)21-23-5-2-1-3-6-23/h1-3,5-6,11-14,22,24,26,41H,4,7-10,15-21,32H2,(H2,34,35,36,37). The van der Waals surface area contributed by atoms with E-state index in [1.165, 1.54) is 11.3 Å². The molecule has 0 bridgehead atoms. The Hall–Kier alpha value is -3.73. The molecule has 2 fully saturated rings.